The Kier molecular flexibility index (Phi) is 3.33. The van der Waals surface area contributed by atoms with Crippen molar-refractivity contribution in [1.82, 2.24) is 15.3 Å². The summed E-state index contributed by atoms with van der Waals surface area (Å²) in [6, 6.07) is 0.164. The first-order valence-corrected chi connectivity index (χ1v) is 5.76. The summed E-state index contributed by atoms with van der Waals surface area (Å²) in [7, 11) is 1.99. The molecule has 2 atom stereocenters. The fourth-order valence-corrected chi connectivity index (χ4v) is 2.13. The van der Waals surface area contributed by atoms with Crippen molar-refractivity contribution in [2.75, 3.05) is 20.3 Å². The van der Waals surface area contributed by atoms with Crippen molar-refractivity contribution in [1.29, 1.82) is 0 Å². The van der Waals surface area contributed by atoms with Crippen LogP contribution in [0, 0.1) is 5.92 Å². The standard InChI is InChI=1S/C11H19N3O2/c1-3-9-6-11(15)12-10(9)7-16-14-5-4-13(2)8-14/h4-5,9-10H,3,6-8H2,1-2H3,(H,12,15)/t9-,10-/m1/s1. The minimum Gasteiger partial charge on any atom is -0.360 e. The molecule has 1 saturated heterocycles. The maximum atomic E-state index is 11.3. The second-order valence-electron chi connectivity index (χ2n) is 4.46. The van der Waals surface area contributed by atoms with E-state index in [2.05, 4.69) is 12.2 Å². The fourth-order valence-electron chi connectivity index (χ4n) is 2.13. The van der Waals surface area contributed by atoms with Crippen molar-refractivity contribution >= 4 is 5.91 Å². The first-order chi connectivity index (χ1) is 7.69. The Hall–Kier alpha value is -1.23. The molecule has 2 rings (SSSR count). The minimum atomic E-state index is 0.148. The van der Waals surface area contributed by atoms with E-state index < -0.39 is 0 Å². The van der Waals surface area contributed by atoms with Gasteiger partial charge in [-0.25, -0.2) is 5.06 Å². The highest BCUT2D eigenvalue weighted by molar-refractivity contribution is 5.79. The van der Waals surface area contributed by atoms with E-state index in [1.165, 1.54) is 0 Å². The average molecular weight is 225 g/mol. The molecule has 5 heteroatoms. The molecule has 1 fully saturated rings. The molecular formula is C11H19N3O2. The van der Waals surface area contributed by atoms with Gasteiger partial charge in [-0.3, -0.25) is 9.63 Å². The lowest BCUT2D eigenvalue weighted by Gasteiger charge is -2.22. The zero-order valence-corrected chi connectivity index (χ0v) is 9.85. The van der Waals surface area contributed by atoms with Gasteiger partial charge in [-0.2, -0.15) is 0 Å². The maximum Gasteiger partial charge on any atom is 0.220 e. The van der Waals surface area contributed by atoms with Crippen LogP contribution in [0.3, 0.4) is 0 Å². The van der Waals surface area contributed by atoms with Crippen LogP contribution in [0.4, 0.5) is 0 Å². The third-order valence-electron chi connectivity index (χ3n) is 3.16. The molecule has 0 aromatic carbocycles. The molecule has 16 heavy (non-hydrogen) atoms. The highest BCUT2D eigenvalue weighted by Gasteiger charge is 2.31. The Balaban J connectivity index is 1.77. The predicted octanol–water partition coefficient (Wildman–Crippen LogP) is 0.509. The number of carbonyl (C=O) groups is 1. The number of hydrogen-bond acceptors (Lipinski definition) is 4. The van der Waals surface area contributed by atoms with Gasteiger partial charge in [0, 0.05) is 25.9 Å². The molecule has 0 unspecified atom stereocenters. The van der Waals surface area contributed by atoms with Gasteiger partial charge in [0.1, 0.15) is 6.67 Å². The Labute approximate surface area is 96.0 Å². The van der Waals surface area contributed by atoms with E-state index in [-0.39, 0.29) is 11.9 Å². The Morgan fingerprint density at radius 1 is 1.56 bits per heavy atom. The summed E-state index contributed by atoms with van der Waals surface area (Å²) in [4.78, 5) is 18.9. The van der Waals surface area contributed by atoms with Gasteiger partial charge in [0.15, 0.2) is 0 Å². The van der Waals surface area contributed by atoms with E-state index in [4.69, 9.17) is 4.84 Å². The van der Waals surface area contributed by atoms with Gasteiger partial charge in [-0.05, 0) is 5.92 Å². The van der Waals surface area contributed by atoms with Gasteiger partial charge >= 0.3 is 0 Å². The normalized spacial score (nSPS) is 29.0. The molecule has 2 heterocycles. The van der Waals surface area contributed by atoms with Crippen molar-refractivity contribution in [2.24, 2.45) is 5.92 Å². The van der Waals surface area contributed by atoms with Crippen molar-refractivity contribution < 1.29 is 9.63 Å². The zero-order valence-electron chi connectivity index (χ0n) is 9.85. The van der Waals surface area contributed by atoms with Crippen LogP contribution in [0.2, 0.25) is 0 Å². The van der Waals surface area contributed by atoms with Crippen LogP contribution in [-0.4, -0.2) is 42.2 Å². The minimum absolute atomic E-state index is 0.148. The second-order valence-corrected chi connectivity index (χ2v) is 4.46. The van der Waals surface area contributed by atoms with Crippen LogP contribution in [0.1, 0.15) is 19.8 Å². The Bertz CT molecular complexity index is 293. The van der Waals surface area contributed by atoms with E-state index in [9.17, 15) is 4.79 Å². The summed E-state index contributed by atoms with van der Waals surface area (Å²) in [6.45, 7) is 3.42. The van der Waals surface area contributed by atoms with Crippen LogP contribution < -0.4 is 5.32 Å². The van der Waals surface area contributed by atoms with Gasteiger partial charge in [0.05, 0.1) is 12.6 Å². The molecule has 5 nitrogen and oxygen atoms in total. The Morgan fingerprint density at radius 2 is 2.38 bits per heavy atom. The van der Waals surface area contributed by atoms with Crippen LogP contribution >= 0.6 is 0 Å². The smallest absolute Gasteiger partial charge is 0.220 e. The van der Waals surface area contributed by atoms with E-state index in [0.29, 0.717) is 18.9 Å². The second kappa shape index (κ2) is 4.74. The monoisotopic (exact) mass is 225 g/mol. The predicted molar refractivity (Wildman–Crippen MR) is 59.9 cm³/mol. The molecule has 1 amide bonds. The molecule has 0 aromatic rings. The quantitative estimate of drug-likeness (QED) is 0.757. The van der Waals surface area contributed by atoms with E-state index >= 15 is 0 Å². The number of amides is 1. The van der Waals surface area contributed by atoms with Crippen molar-refractivity contribution in [3.63, 3.8) is 0 Å². The summed E-state index contributed by atoms with van der Waals surface area (Å²) < 4.78 is 0. The van der Waals surface area contributed by atoms with Crippen molar-refractivity contribution in [3.05, 3.63) is 12.4 Å². The number of carbonyl (C=O) groups excluding carboxylic acids is 1. The number of hydrogen-bond donors (Lipinski definition) is 1. The van der Waals surface area contributed by atoms with Gasteiger partial charge < -0.3 is 10.2 Å². The lowest BCUT2D eigenvalue weighted by Crippen LogP contribution is -2.36. The van der Waals surface area contributed by atoms with Gasteiger partial charge in [-0.1, -0.05) is 13.3 Å². The maximum absolute atomic E-state index is 11.3. The lowest BCUT2D eigenvalue weighted by molar-refractivity contribution is -0.136. The van der Waals surface area contributed by atoms with Crippen LogP contribution in [0.5, 0.6) is 0 Å². The average Bonchev–Trinajstić information content (AvgIpc) is 2.81. The third kappa shape index (κ3) is 2.47. The van der Waals surface area contributed by atoms with Crippen LogP contribution in [0.15, 0.2) is 12.4 Å². The van der Waals surface area contributed by atoms with Gasteiger partial charge in [0.25, 0.3) is 0 Å². The zero-order chi connectivity index (χ0) is 11.5. The first-order valence-electron chi connectivity index (χ1n) is 5.76. The van der Waals surface area contributed by atoms with E-state index in [1.807, 2.05) is 24.3 Å². The summed E-state index contributed by atoms with van der Waals surface area (Å²) in [6.07, 6.45) is 5.52. The molecule has 0 radical (unpaired) electrons. The molecule has 2 aliphatic heterocycles. The SMILES string of the molecule is CC[C@@H]1CC(=O)N[C@@H]1CON1C=CN(C)C1. The summed E-state index contributed by atoms with van der Waals surface area (Å²) in [5.74, 6) is 0.561. The molecular weight excluding hydrogens is 206 g/mol. The van der Waals surface area contributed by atoms with E-state index in [0.717, 1.165) is 13.1 Å². The lowest BCUT2D eigenvalue weighted by atomic mass is 9.98. The Morgan fingerprint density at radius 3 is 3.00 bits per heavy atom. The molecule has 0 spiro atoms. The largest absolute Gasteiger partial charge is 0.360 e. The topological polar surface area (TPSA) is 44.8 Å². The van der Waals surface area contributed by atoms with E-state index in [1.54, 1.807) is 5.06 Å². The number of hydroxylamine groups is 2. The van der Waals surface area contributed by atoms with Gasteiger partial charge in [0.2, 0.25) is 5.91 Å². The number of rotatable bonds is 4. The summed E-state index contributed by atoms with van der Waals surface area (Å²) >= 11 is 0. The summed E-state index contributed by atoms with van der Waals surface area (Å²) in [5, 5.41) is 4.75. The highest BCUT2D eigenvalue weighted by atomic mass is 16.7. The third-order valence-corrected chi connectivity index (χ3v) is 3.16. The molecule has 0 aliphatic carbocycles. The number of nitrogens with zero attached hydrogens (tertiary/aromatic N) is 2. The molecule has 2 aliphatic rings. The summed E-state index contributed by atoms with van der Waals surface area (Å²) in [5.41, 5.74) is 0. The molecule has 90 valence electrons. The van der Waals surface area contributed by atoms with Crippen LogP contribution in [0.25, 0.3) is 0 Å². The molecule has 0 bridgehead atoms. The van der Waals surface area contributed by atoms with Gasteiger partial charge in [-0.15, -0.1) is 0 Å². The van der Waals surface area contributed by atoms with Crippen LogP contribution in [-0.2, 0) is 9.63 Å². The number of nitrogens with one attached hydrogen (secondary N) is 1. The van der Waals surface area contributed by atoms with Crippen molar-refractivity contribution in [2.45, 2.75) is 25.8 Å². The highest BCUT2D eigenvalue weighted by Crippen LogP contribution is 2.20. The molecule has 1 N–H and O–H groups in total. The fraction of sp³-hybridized carbons (Fsp3) is 0.727. The molecule has 0 saturated carbocycles. The molecule has 0 aromatic heterocycles. The van der Waals surface area contributed by atoms with Crippen molar-refractivity contribution in [3.8, 4) is 0 Å². The first kappa shape index (κ1) is 11.3.